The van der Waals surface area contributed by atoms with Gasteiger partial charge in [0.1, 0.15) is 13.2 Å². The number of phosphoric acid groups is 1. The molecule has 1 rings (SSSR count). The summed E-state index contributed by atoms with van der Waals surface area (Å²) in [7, 11) is -2.63. The van der Waals surface area contributed by atoms with Gasteiger partial charge in [0.25, 0.3) is 0 Å². The number of aliphatic hydroxyl groups excluding tert-OH is 2. The number of phenolic OH excluding ortho intramolecular Hbond substituents is 2. The van der Waals surface area contributed by atoms with Crippen molar-refractivity contribution in [3.05, 3.63) is 23.8 Å². The molecule has 1 aromatic carbocycles. The Morgan fingerprint density at radius 3 is 2.29 bits per heavy atom. The summed E-state index contributed by atoms with van der Waals surface area (Å²) in [5.74, 6) is -0.432. The van der Waals surface area contributed by atoms with Gasteiger partial charge in [0.05, 0.1) is 13.7 Å². The van der Waals surface area contributed by atoms with Crippen LogP contribution in [0.4, 0.5) is 0 Å². The minimum atomic E-state index is -4.20. The lowest BCUT2D eigenvalue weighted by Crippen LogP contribution is -2.47. The van der Waals surface area contributed by atoms with Crippen molar-refractivity contribution in [3.63, 3.8) is 0 Å². The first kappa shape index (κ1) is 20.9. The molecule has 0 amide bonds. The quantitative estimate of drug-likeness (QED) is 0.126. The van der Waals surface area contributed by atoms with Gasteiger partial charge in [-0.1, -0.05) is 6.07 Å². The smallest absolute Gasteiger partial charge is 0.472 e. The summed E-state index contributed by atoms with van der Waals surface area (Å²) in [5.41, 5.74) is 0.751. The number of hydrogen-bond acceptors (Lipinski definition) is 7. The molecule has 1 atom stereocenters. The highest BCUT2D eigenvalue weighted by Gasteiger charge is 2.24. The highest BCUT2D eigenvalue weighted by atomic mass is 31.2. The summed E-state index contributed by atoms with van der Waals surface area (Å²) in [6, 6.07) is 4.41. The number of benzene rings is 1. The van der Waals surface area contributed by atoms with Gasteiger partial charge in [0.2, 0.25) is 0 Å². The van der Waals surface area contributed by atoms with Crippen molar-refractivity contribution in [2.24, 2.45) is 0 Å². The fourth-order valence-electron chi connectivity index (χ4n) is 1.78. The van der Waals surface area contributed by atoms with E-state index in [4.69, 9.17) is 19.3 Å². The summed E-state index contributed by atoms with van der Waals surface area (Å²) in [6.45, 7) is -0.682. The number of likely N-dealkylation sites (N-methyl/N-ethyl adjacent to an activating group) is 1. The van der Waals surface area contributed by atoms with Crippen LogP contribution < -0.4 is 0 Å². The number of phenols is 2. The third-order valence-corrected chi connectivity index (χ3v) is 4.49. The number of quaternary nitrogens is 1. The zero-order chi connectivity index (χ0) is 18.2. The number of aryl methyl sites for hydroxylation is 1. The highest BCUT2D eigenvalue weighted by molar-refractivity contribution is 7.47. The van der Waals surface area contributed by atoms with E-state index in [1.807, 2.05) is 0 Å². The van der Waals surface area contributed by atoms with Gasteiger partial charge in [-0.25, -0.2) is 4.57 Å². The van der Waals surface area contributed by atoms with Crippen LogP contribution in [0.25, 0.3) is 0 Å². The Hall–Kier alpha value is -1.19. The fraction of sp³-hybridized carbons (Fsp3) is 0.571. The predicted molar refractivity (Wildman–Crippen MR) is 85.0 cm³/mol. The first-order valence-electron chi connectivity index (χ1n) is 7.39. The van der Waals surface area contributed by atoms with Crippen LogP contribution in [0.2, 0.25) is 0 Å². The molecular formula is C14H25NO8P+. The van der Waals surface area contributed by atoms with E-state index in [-0.39, 0.29) is 49.2 Å². The van der Waals surface area contributed by atoms with Gasteiger partial charge in [-0.15, -0.1) is 0 Å². The first-order valence-corrected chi connectivity index (χ1v) is 8.89. The molecule has 138 valence electrons. The van der Waals surface area contributed by atoms with E-state index in [0.717, 1.165) is 5.56 Å². The predicted octanol–water partition coefficient (Wildman–Crippen LogP) is 0.510. The van der Waals surface area contributed by atoms with Gasteiger partial charge in [0, 0.05) is 0 Å². The average Bonchev–Trinajstić information content (AvgIpc) is 2.54. The van der Waals surface area contributed by atoms with Gasteiger partial charge in [0.15, 0.2) is 25.0 Å². The Morgan fingerprint density at radius 1 is 1.08 bits per heavy atom. The Kier molecular flexibility index (Phi) is 8.11. The summed E-state index contributed by atoms with van der Waals surface area (Å²) in [5, 5.41) is 36.8. The van der Waals surface area contributed by atoms with Crippen molar-refractivity contribution in [1.82, 2.24) is 0 Å². The molecule has 0 aliphatic heterocycles. The normalized spacial score (nSPS) is 14.5. The second-order valence-electron chi connectivity index (χ2n) is 5.69. The summed E-state index contributed by atoms with van der Waals surface area (Å²) in [4.78, 5) is 9.54. The molecule has 0 heterocycles. The SMILES string of the molecule is C[N+](CO)(CO)CCOP(=O)(O)OCCCc1ccc(O)c(O)c1. The minimum absolute atomic E-state index is 0.0262. The van der Waals surface area contributed by atoms with Crippen molar-refractivity contribution in [3.8, 4) is 11.5 Å². The molecule has 1 unspecified atom stereocenters. The van der Waals surface area contributed by atoms with Crippen molar-refractivity contribution in [2.45, 2.75) is 12.8 Å². The van der Waals surface area contributed by atoms with Crippen molar-refractivity contribution < 1.29 is 43.4 Å². The largest absolute Gasteiger partial charge is 0.504 e. The van der Waals surface area contributed by atoms with E-state index in [9.17, 15) is 19.7 Å². The van der Waals surface area contributed by atoms with Gasteiger partial charge >= 0.3 is 7.82 Å². The van der Waals surface area contributed by atoms with E-state index in [2.05, 4.69) is 0 Å². The lowest BCUT2D eigenvalue weighted by molar-refractivity contribution is -0.943. The van der Waals surface area contributed by atoms with E-state index < -0.39 is 7.82 Å². The number of aromatic hydroxyl groups is 2. The van der Waals surface area contributed by atoms with Gasteiger partial charge in [-0.2, -0.15) is 0 Å². The molecule has 1 aromatic rings. The third kappa shape index (κ3) is 7.14. The van der Waals surface area contributed by atoms with E-state index in [0.29, 0.717) is 12.8 Å². The molecule has 10 heteroatoms. The number of hydrogen-bond donors (Lipinski definition) is 5. The Morgan fingerprint density at radius 2 is 1.71 bits per heavy atom. The molecule has 0 bridgehead atoms. The maximum atomic E-state index is 11.7. The molecule has 0 saturated carbocycles. The lowest BCUT2D eigenvalue weighted by atomic mass is 10.1. The molecule has 5 N–H and O–H groups in total. The molecule has 0 saturated heterocycles. The van der Waals surface area contributed by atoms with Crippen molar-refractivity contribution in [1.29, 1.82) is 0 Å². The molecule has 0 aromatic heterocycles. The monoisotopic (exact) mass is 366 g/mol. The molecule has 0 spiro atoms. The number of phosphoric ester groups is 1. The summed E-state index contributed by atoms with van der Waals surface area (Å²) in [6.07, 6.45) is 0.900. The Balaban J connectivity index is 2.30. The number of nitrogens with zero attached hydrogens (tertiary/aromatic N) is 1. The maximum absolute atomic E-state index is 11.7. The molecular weight excluding hydrogens is 341 g/mol. The van der Waals surface area contributed by atoms with Crippen LogP contribution >= 0.6 is 7.82 Å². The van der Waals surface area contributed by atoms with Crippen molar-refractivity contribution in [2.75, 3.05) is 40.3 Å². The van der Waals surface area contributed by atoms with Crippen LogP contribution in [0.15, 0.2) is 18.2 Å². The van der Waals surface area contributed by atoms with Crippen LogP contribution in [0.1, 0.15) is 12.0 Å². The molecule has 0 aliphatic carbocycles. The van der Waals surface area contributed by atoms with Crippen LogP contribution in [0, 0.1) is 0 Å². The Bertz CT molecular complexity index is 564. The second kappa shape index (κ2) is 9.33. The molecule has 9 nitrogen and oxygen atoms in total. The number of rotatable bonds is 11. The standard InChI is InChI=1S/C14H24NO8P/c1-15(10-16,11-17)6-8-23-24(20,21)22-7-2-3-12-4-5-13(18)14(19)9-12/h4-5,9,16-17H,2-3,6-8,10-11H2,1H3,(H2-,18,19,20,21)/p+1. The van der Waals surface area contributed by atoms with Crippen LogP contribution in [-0.2, 0) is 20.0 Å². The van der Waals surface area contributed by atoms with E-state index in [1.54, 1.807) is 13.1 Å². The second-order valence-corrected chi connectivity index (χ2v) is 7.14. The minimum Gasteiger partial charge on any atom is -0.504 e. The van der Waals surface area contributed by atoms with E-state index in [1.165, 1.54) is 12.1 Å². The zero-order valence-electron chi connectivity index (χ0n) is 13.5. The van der Waals surface area contributed by atoms with Crippen LogP contribution in [0.5, 0.6) is 11.5 Å². The molecule has 0 fully saturated rings. The molecule has 24 heavy (non-hydrogen) atoms. The highest BCUT2D eigenvalue weighted by Crippen LogP contribution is 2.43. The van der Waals surface area contributed by atoms with E-state index >= 15 is 0 Å². The number of aliphatic hydroxyl groups is 2. The lowest BCUT2D eigenvalue weighted by Gasteiger charge is -2.29. The maximum Gasteiger partial charge on any atom is 0.472 e. The van der Waals surface area contributed by atoms with Crippen LogP contribution in [-0.4, -0.2) is 70.1 Å². The van der Waals surface area contributed by atoms with Crippen LogP contribution in [0.3, 0.4) is 0 Å². The van der Waals surface area contributed by atoms with Crippen molar-refractivity contribution >= 4 is 7.82 Å². The fourth-order valence-corrected chi connectivity index (χ4v) is 2.53. The van der Waals surface area contributed by atoms with Gasteiger partial charge in [-0.05, 0) is 30.5 Å². The topological polar surface area (TPSA) is 137 Å². The van der Waals surface area contributed by atoms with Gasteiger partial charge in [-0.3, -0.25) is 13.5 Å². The first-order chi connectivity index (χ1) is 11.2. The average molecular weight is 366 g/mol. The third-order valence-electron chi connectivity index (χ3n) is 3.47. The molecule has 0 radical (unpaired) electrons. The Labute approximate surface area is 140 Å². The summed E-state index contributed by atoms with van der Waals surface area (Å²) >= 11 is 0. The summed E-state index contributed by atoms with van der Waals surface area (Å²) < 4.78 is 21.2. The zero-order valence-corrected chi connectivity index (χ0v) is 14.4. The molecule has 0 aliphatic rings. The van der Waals surface area contributed by atoms with Gasteiger partial charge < -0.3 is 25.3 Å².